The lowest BCUT2D eigenvalue weighted by Gasteiger charge is -2.28. The summed E-state index contributed by atoms with van der Waals surface area (Å²) in [5.74, 6) is -3.76. The molecule has 2 aromatic carbocycles. The van der Waals surface area contributed by atoms with Gasteiger partial charge in [0.2, 0.25) is 11.8 Å². The normalized spacial score (nSPS) is 12.7. The number of rotatable bonds is 32. The number of hydrogen-bond acceptors (Lipinski definition) is 15. The lowest BCUT2D eigenvalue weighted by Crippen LogP contribution is -2.52. The lowest BCUT2D eigenvalue weighted by molar-refractivity contribution is -0.146. The molecule has 0 unspecified atom stereocenters. The predicted octanol–water partition coefficient (Wildman–Crippen LogP) is 0.307. The third kappa shape index (κ3) is 25.1. The predicted molar refractivity (Wildman–Crippen MR) is 306 cm³/mol. The minimum Gasteiger partial charge on any atom is -0.482 e. The van der Waals surface area contributed by atoms with E-state index in [9.17, 15) is 28.8 Å². The largest absolute Gasteiger partial charge is 0.482 e. The Hall–Kier alpha value is -7.71. The number of guanidine groups is 4. The fourth-order valence-corrected chi connectivity index (χ4v) is 9.04. The molecule has 79 heavy (non-hydrogen) atoms. The van der Waals surface area contributed by atoms with Crippen LogP contribution in [0.5, 0.6) is 11.5 Å². The number of aliphatic imine (C=N–C) groups is 4. The van der Waals surface area contributed by atoms with Crippen LogP contribution in [0.2, 0.25) is 0 Å². The first-order valence-corrected chi connectivity index (χ1v) is 26.6. The Bertz CT molecular complexity index is 2340. The zero-order valence-corrected chi connectivity index (χ0v) is 48.2. The molecular weight excluding hydrogens is 1040 g/mol. The second kappa shape index (κ2) is 32.9. The van der Waals surface area contributed by atoms with Crippen molar-refractivity contribution in [2.45, 2.75) is 152 Å². The van der Waals surface area contributed by atoms with E-state index in [0.717, 1.165) is 22.3 Å². The number of carbonyl (C=O) groups excluding carboxylic acids is 6. The molecule has 0 radical (unpaired) electrons. The Balaban J connectivity index is 2.59. The molecule has 20 N–H and O–H groups in total. The van der Waals surface area contributed by atoms with Crippen molar-refractivity contribution in [1.82, 2.24) is 21.3 Å². The van der Waals surface area contributed by atoms with Gasteiger partial charge in [0.15, 0.2) is 37.1 Å². The Labute approximate surface area is 467 Å². The molecule has 0 aromatic heterocycles. The summed E-state index contributed by atoms with van der Waals surface area (Å²) < 4.78 is 22.8. The van der Waals surface area contributed by atoms with Crippen molar-refractivity contribution in [2.24, 2.45) is 65.8 Å². The molecular formula is C52H86N16O10S. The average molecular weight is 1130 g/mol. The number of hydrogen-bond donors (Lipinski definition) is 12. The van der Waals surface area contributed by atoms with Crippen LogP contribution in [0.25, 0.3) is 0 Å². The van der Waals surface area contributed by atoms with Gasteiger partial charge in [-0.1, -0.05) is 65.4 Å². The number of nitrogens with one attached hydrogen (secondary N) is 4. The third-order valence-corrected chi connectivity index (χ3v) is 12.7. The van der Waals surface area contributed by atoms with Gasteiger partial charge in [-0.2, -0.15) is 0 Å². The van der Waals surface area contributed by atoms with Crippen LogP contribution in [0, 0.1) is 13.8 Å². The smallest absolute Gasteiger partial charge is 0.328 e. The third-order valence-electron chi connectivity index (χ3n) is 11.6. The number of aryl methyl sites for hydroxylation is 2. The monoisotopic (exact) mass is 1130 g/mol. The Morgan fingerprint density at radius 1 is 0.481 bits per heavy atom. The standard InChI is InChI=1S/C52H86N16O10S/c1-29-23-31(51(3,4)5)41(77-27-39(69)65-33(15-11-19-61-47(53)54)43(71)67-35(45(73)75-9)17-13-21-63-49(57)58)37(25-29)79-38-26-30(2)24-32(52(6,7)8)42(38)78-28-40(70)66-34(16-12-20-62-48(55)56)44(72)68-36(46(74)76-10)18-14-22-64-50(59)60/h23-26,33-36H,11-22,27-28H2,1-10H3,(H,65,69)(H,66,70)(H,67,71)(H,68,72)(H4,53,54,61)(H4,55,56,62)(H4,57,58,63)(H4,59,60,64)/t33-,34-,35-,36-/m0/s1. The molecule has 27 heteroatoms. The fraction of sp³-hybridized carbons (Fsp3) is 0.577. The minimum absolute atomic E-state index is 0.0886. The van der Waals surface area contributed by atoms with E-state index in [2.05, 4.69) is 41.2 Å². The van der Waals surface area contributed by atoms with Gasteiger partial charge in [0.25, 0.3) is 11.8 Å². The molecule has 26 nitrogen and oxygen atoms in total. The highest BCUT2D eigenvalue weighted by atomic mass is 32.2. The Morgan fingerprint density at radius 2 is 0.772 bits per heavy atom. The summed E-state index contributed by atoms with van der Waals surface area (Å²) in [5.41, 5.74) is 46.2. The van der Waals surface area contributed by atoms with Gasteiger partial charge >= 0.3 is 11.9 Å². The molecule has 2 rings (SSSR count). The molecule has 0 aliphatic heterocycles. The van der Waals surface area contributed by atoms with Crippen molar-refractivity contribution in [3.05, 3.63) is 46.5 Å². The van der Waals surface area contributed by atoms with Gasteiger partial charge < -0.3 is 86.1 Å². The van der Waals surface area contributed by atoms with Crippen molar-refractivity contribution in [3.63, 3.8) is 0 Å². The van der Waals surface area contributed by atoms with E-state index in [1.165, 1.54) is 26.0 Å². The van der Waals surface area contributed by atoms with Crippen LogP contribution in [0.15, 0.2) is 54.0 Å². The maximum absolute atomic E-state index is 14.0. The highest BCUT2D eigenvalue weighted by molar-refractivity contribution is 7.99. The first-order chi connectivity index (χ1) is 37.0. The van der Waals surface area contributed by atoms with Gasteiger partial charge in [0.05, 0.1) is 24.0 Å². The van der Waals surface area contributed by atoms with E-state index in [1.54, 1.807) is 0 Å². The number of ether oxygens (including phenoxy) is 4. The summed E-state index contributed by atoms with van der Waals surface area (Å²) in [6, 6.07) is 3.32. The first-order valence-electron chi connectivity index (χ1n) is 25.8. The number of nitrogens with zero attached hydrogens (tertiary/aromatic N) is 4. The van der Waals surface area contributed by atoms with E-state index >= 15 is 0 Å². The topological polar surface area (TPSA) is 445 Å². The number of nitrogens with two attached hydrogens (primary N) is 8. The van der Waals surface area contributed by atoms with E-state index in [-0.39, 0.29) is 88.5 Å². The number of benzene rings is 2. The van der Waals surface area contributed by atoms with Gasteiger partial charge in [-0.3, -0.25) is 39.1 Å². The zero-order chi connectivity index (χ0) is 59.6. The van der Waals surface area contributed by atoms with Gasteiger partial charge in [-0.15, -0.1) is 0 Å². The van der Waals surface area contributed by atoms with Crippen molar-refractivity contribution >= 4 is 71.2 Å². The molecule has 440 valence electrons. The van der Waals surface area contributed by atoms with Crippen molar-refractivity contribution in [3.8, 4) is 11.5 Å². The highest BCUT2D eigenvalue weighted by Gasteiger charge is 2.31. The summed E-state index contributed by atoms with van der Waals surface area (Å²) in [6.45, 7) is 15.6. The SMILES string of the molecule is COC(=O)[C@H](CCCN=C(N)N)NC(=O)[C@H](CCCN=C(N)N)NC(=O)COc1c(Sc2cc(C)cc(C(C)(C)C)c2OCC(=O)N[C@@H](CCCN=C(N)N)C(=O)N[C@@H](CCCN=C(N)N)C(=O)OC)cc(C)cc1C(C)(C)C. The van der Waals surface area contributed by atoms with Crippen molar-refractivity contribution in [2.75, 3.05) is 53.6 Å². The first kappa shape index (κ1) is 67.4. The number of amides is 4. The number of esters is 2. The van der Waals surface area contributed by atoms with Gasteiger partial charge in [0, 0.05) is 37.3 Å². The van der Waals surface area contributed by atoms with Crippen molar-refractivity contribution in [1.29, 1.82) is 0 Å². The molecule has 0 saturated heterocycles. The number of carbonyl (C=O) groups is 6. The minimum atomic E-state index is -1.15. The Kier molecular flexibility index (Phi) is 28.1. The second-order valence-corrected chi connectivity index (χ2v) is 21.7. The molecule has 4 atom stereocenters. The molecule has 0 heterocycles. The second-order valence-electron chi connectivity index (χ2n) is 20.7. The summed E-state index contributed by atoms with van der Waals surface area (Å²) in [6.07, 6.45) is 1.70. The summed E-state index contributed by atoms with van der Waals surface area (Å²) in [4.78, 5) is 98.2. The highest BCUT2D eigenvalue weighted by Crippen LogP contribution is 2.47. The van der Waals surface area contributed by atoms with Crippen LogP contribution in [0.4, 0.5) is 0 Å². The van der Waals surface area contributed by atoms with Crippen LogP contribution < -0.4 is 76.6 Å². The van der Waals surface area contributed by atoms with Crippen LogP contribution in [0.1, 0.15) is 115 Å². The maximum atomic E-state index is 14.0. The fourth-order valence-electron chi connectivity index (χ4n) is 7.79. The van der Waals surface area contributed by atoms with E-state index in [0.29, 0.717) is 34.1 Å². The molecule has 0 aliphatic rings. The molecule has 0 saturated carbocycles. The zero-order valence-electron chi connectivity index (χ0n) is 47.4. The molecule has 2 aromatic rings. The molecule has 4 amide bonds. The average Bonchev–Trinajstić information content (AvgIpc) is 3.36. The van der Waals surface area contributed by atoms with E-state index in [4.69, 9.17) is 64.8 Å². The molecule has 0 spiro atoms. The quantitative estimate of drug-likeness (QED) is 0.0203. The van der Waals surface area contributed by atoms with Gasteiger partial charge in [-0.05, 0) is 99.3 Å². The van der Waals surface area contributed by atoms with Crippen LogP contribution in [-0.2, 0) is 49.1 Å². The van der Waals surface area contributed by atoms with E-state index < -0.39 is 83.8 Å². The lowest BCUT2D eigenvalue weighted by atomic mass is 9.85. The maximum Gasteiger partial charge on any atom is 0.328 e. The summed E-state index contributed by atoms with van der Waals surface area (Å²) in [7, 11) is 2.39. The molecule has 0 bridgehead atoms. The van der Waals surface area contributed by atoms with Crippen LogP contribution in [-0.4, -0.2) is 137 Å². The van der Waals surface area contributed by atoms with E-state index in [1.807, 2.05) is 79.7 Å². The summed E-state index contributed by atoms with van der Waals surface area (Å²) in [5, 5.41) is 10.9. The van der Waals surface area contributed by atoms with Crippen LogP contribution >= 0.6 is 11.8 Å². The summed E-state index contributed by atoms with van der Waals surface area (Å²) >= 11 is 1.31. The van der Waals surface area contributed by atoms with Gasteiger partial charge in [-0.25, -0.2) is 9.59 Å². The van der Waals surface area contributed by atoms with Gasteiger partial charge in [0.1, 0.15) is 35.7 Å². The molecule has 0 fully saturated rings. The van der Waals surface area contributed by atoms with Crippen molar-refractivity contribution < 1.29 is 47.7 Å². The number of methoxy groups -OCH3 is 2. The molecule has 0 aliphatic carbocycles. The Morgan fingerprint density at radius 3 is 1.04 bits per heavy atom. The van der Waals surface area contributed by atoms with Crippen LogP contribution in [0.3, 0.4) is 0 Å².